The van der Waals surface area contributed by atoms with Gasteiger partial charge in [-0.15, -0.1) is 0 Å². The van der Waals surface area contributed by atoms with E-state index in [1.54, 1.807) is 0 Å². The standard InChI is InChI=1S/C18H32N4O/c1-20(9-10-23-14-15-6-7-15)12-16-5-4-8-21(2)18(16)17-11-19-22(3)13-17/h11,13,15-16,18H,4-10,12,14H2,1-3H3/t16-,18+/m0/s1. The largest absolute Gasteiger partial charge is 0.380 e. The summed E-state index contributed by atoms with van der Waals surface area (Å²) in [6.07, 6.45) is 9.56. The van der Waals surface area contributed by atoms with Gasteiger partial charge in [0.1, 0.15) is 0 Å². The zero-order valence-electron chi connectivity index (χ0n) is 14.9. The molecule has 2 atom stereocenters. The highest BCUT2D eigenvalue weighted by molar-refractivity contribution is 5.13. The molecular formula is C18H32N4O. The average Bonchev–Trinajstić information content (AvgIpc) is 3.24. The maximum atomic E-state index is 5.79. The molecule has 0 aromatic carbocycles. The lowest BCUT2D eigenvalue weighted by atomic mass is 9.86. The monoisotopic (exact) mass is 320 g/mol. The summed E-state index contributed by atoms with van der Waals surface area (Å²) in [5, 5.41) is 4.38. The van der Waals surface area contributed by atoms with Crippen LogP contribution in [0.1, 0.15) is 37.3 Å². The molecular weight excluding hydrogens is 288 g/mol. The predicted octanol–water partition coefficient (Wildman–Crippen LogP) is 2.16. The second-order valence-corrected chi connectivity index (χ2v) is 7.56. The summed E-state index contributed by atoms with van der Waals surface area (Å²) in [5.74, 6) is 1.54. The van der Waals surface area contributed by atoms with Gasteiger partial charge in [-0.2, -0.15) is 5.10 Å². The number of nitrogens with zero attached hydrogens (tertiary/aromatic N) is 4. The third-order valence-electron chi connectivity index (χ3n) is 5.29. The normalized spacial score (nSPS) is 26.1. The zero-order chi connectivity index (χ0) is 16.2. The fourth-order valence-corrected chi connectivity index (χ4v) is 3.82. The molecule has 2 heterocycles. The third-order valence-corrected chi connectivity index (χ3v) is 5.29. The molecule has 1 saturated carbocycles. The van der Waals surface area contributed by atoms with Crippen LogP contribution in [0.2, 0.25) is 0 Å². The highest BCUT2D eigenvalue weighted by atomic mass is 16.5. The van der Waals surface area contributed by atoms with Crippen molar-refractivity contribution < 1.29 is 4.74 Å². The maximum absolute atomic E-state index is 5.79. The number of ether oxygens (including phenoxy) is 1. The van der Waals surface area contributed by atoms with Crippen molar-refractivity contribution in [1.82, 2.24) is 19.6 Å². The molecule has 23 heavy (non-hydrogen) atoms. The fraction of sp³-hybridized carbons (Fsp3) is 0.833. The van der Waals surface area contributed by atoms with Crippen molar-refractivity contribution in [1.29, 1.82) is 0 Å². The van der Waals surface area contributed by atoms with Gasteiger partial charge in [0.05, 0.1) is 12.8 Å². The summed E-state index contributed by atoms with van der Waals surface area (Å²) in [5.41, 5.74) is 1.36. The van der Waals surface area contributed by atoms with Gasteiger partial charge in [-0.1, -0.05) is 0 Å². The van der Waals surface area contributed by atoms with Crippen LogP contribution in [0, 0.1) is 11.8 Å². The molecule has 3 rings (SSSR count). The fourth-order valence-electron chi connectivity index (χ4n) is 3.82. The van der Waals surface area contributed by atoms with Crippen molar-refractivity contribution in [3.63, 3.8) is 0 Å². The van der Waals surface area contributed by atoms with E-state index in [2.05, 4.69) is 35.2 Å². The van der Waals surface area contributed by atoms with Gasteiger partial charge in [0, 0.05) is 44.5 Å². The SMILES string of the molecule is CN(CCOCC1CC1)C[C@@H]1CCCN(C)[C@H]1c1cnn(C)c1. The van der Waals surface area contributed by atoms with E-state index in [9.17, 15) is 0 Å². The zero-order valence-corrected chi connectivity index (χ0v) is 14.9. The summed E-state index contributed by atoms with van der Waals surface area (Å²) in [4.78, 5) is 4.95. The molecule has 0 amide bonds. The van der Waals surface area contributed by atoms with Gasteiger partial charge in [0.25, 0.3) is 0 Å². The predicted molar refractivity (Wildman–Crippen MR) is 92.3 cm³/mol. The molecule has 0 radical (unpaired) electrons. The number of rotatable bonds is 8. The van der Waals surface area contributed by atoms with E-state index in [1.807, 2.05) is 17.9 Å². The molecule has 0 bridgehead atoms. The first kappa shape index (κ1) is 16.9. The molecule has 1 saturated heterocycles. The molecule has 0 spiro atoms. The van der Waals surface area contributed by atoms with Gasteiger partial charge in [-0.3, -0.25) is 9.58 Å². The molecule has 2 aliphatic rings. The Labute approximate surface area is 140 Å². The van der Waals surface area contributed by atoms with Gasteiger partial charge in [0.15, 0.2) is 0 Å². The quantitative estimate of drug-likeness (QED) is 0.687. The maximum Gasteiger partial charge on any atom is 0.0593 e. The summed E-state index contributed by atoms with van der Waals surface area (Å²) in [6.45, 7) is 5.19. The average molecular weight is 320 g/mol. The van der Waals surface area contributed by atoms with Crippen molar-refractivity contribution in [3.05, 3.63) is 18.0 Å². The number of hydrogen-bond acceptors (Lipinski definition) is 4. The van der Waals surface area contributed by atoms with Crippen LogP contribution in [-0.4, -0.2) is 66.5 Å². The number of piperidine rings is 1. The van der Waals surface area contributed by atoms with Crippen molar-refractivity contribution >= 4 is 0 Å². The minimum atomic E-state index is 0.493. The Hall–Kier alpha value is -0.910. The van der Waals surface area contributed by atoms with Gasteiger partial charge in [-0.05, 0) is 58.2 Å². The van der Waals surface area contributed by atoms with Gasteiger partial charge < -0.3 is 9.64 Å². The van der Waals surface area contributed by atoms with Crippen LogP contribution < -0.4 is 0 Å². The molecule has 5 heteroatoms. The summed E-state index contributed by atoms with van der Waals surface area (Å²) >= 11 is 0. The van der Waals surface area contributed by atoms with E-state index >= 15 is 0 Å². The molecule has 1 aliphatic carbocycles. The lowest BCUT2D eigenvalue weighted by Gasteiger charge is -2.40. The third kappa shape index (κ3) is 4.78. The highest BCUT2D eigenvalue weighted by Crippen LogP contribution is 2.35. The van der Waals surface area contributed by atoms with Gasteiger partial charge in [-0.25, -0.2) is 0 Å². The molecule has 0 unspecified atom stereocenters. The number of aromatic nitrogens is 2. The number of hydrogen-bond donors (Lipinski definition) is 0. The van der Waals surface area contributed by atoms with Crippen LogP contribution in [0.4, 0.5) is 0 Å². The number of likely N-dealkylation sites (tertiary alicyclic amines) is 1. The van der Waals surface area contributed by atoms with Crippen molar-refractivity contribution in [2.75, 3.05) is 46.9 Å². The Bertz CT molecular complexity index is 485. The van der Waals surface area contributed by atoms with E-state index in [-0.39, 0.29) is 0 Å². The number of aryl methyl sites for hydroxylation is 1. The molecule has 1 aliphatic heterocycles. The molecule has 2 fully saturated rings. The van der Waals surface area contributed by atoms with E-state index in [0.717, 1.165) is 32.2 Å². The minimum Gasteiger partial charge on any atom is -0.380 e. The lowest BCUT2D eigenvalue weighted by molar-refractivity contribution is 0.0705. The van der Waals surface area contributed by atoms with Crippen molar-refractivity contribution in [2.45, 2.75) is 31.7 Å². The van der Waals surface area contributed by atoms with Crippen LogP contribution in [0.15, 0.2) is 12.4 Å². The Balaban J connectivity index is 1.50. The molecule has 0 N–H and O–H groups in total. The van der Waals surface area contributed by atoms with E-state index in [0.29, 0.717) is 12.0 Å². The molecule has 5 nitrogen and oxygen atoms in total. The topological polar surface area (TPSA) is 33.5 Å². The van der Waals surface area contributed by atoms with Crippen LogP contribution in [0.25, 0.3) is 0 Å². The van der Waals surface area contributed by atoms with Crippen LogP contribution in [0.3, 0.4) is 0 Å². The minimum absolute atomic E-state index is 0.493. The Morgan fingerprint density at radius 2 is 2.13 bits per heavy atom. The van der Waals surface area contributed by atoms with Crippen LogP contribution in [-0.2, 0) is 11.8 Å². The first-order valence-corrected chi connectivity index (χ1v) is 9.08. The molecule has 130 valence electrons. The van der Waals surface area contributed by atoms with Gasteiger partial charge in [0.2, 0.25) is 0 Å². The van der Waals surface area contributed by atoms with Crippen LogP contribution in [0.5, 0.6) is 0 Å². The Morgan fingerprint density at radius 3 is 2.83 bits per heavy atom. The Morgan fingerprint density at radius 1 is 1.30 bits per heavy atom. The summed E-state index contributed by atoms with van der Waals surface area (Å²) in [7, 11) is 6.49. The second kappa shape index (κ2) is 7.77. The second-order valence-electron chi connectivity index (χ2n) is 7.56. The molecule has 1 aromatic heterocycles. The highest BCUT2D eigenvalue weighted by Gasteiger charge is 2.32. The number of likely N-dealkylation sites (N-methyl/N-ethyl adjacent to an activating group) is 1. The van der Waals surface area contributed by atoms with Gasteiger partial charge >= 0.3 is 0 Å². The van der Waals surface area contributed by atoms with Crippen molar-refractivity contribution in [2.24, 2.45) is 18.9 Å². The lowest BCUT2D eigenvalue weighted by Crippen LogP contribution is -2.41. The molecule has 1 aromatic rings. The van der Waals surface area contributed by atoms with Crippen molar-refractivity contribution in [3.8, 4) is 0 Å². The first-order valence-electron chi connectivity index (χ1n) is 9.08. The van der Waals surface area contributed by atoms with E-state index in [1.165, 1.54) is 37.8 Å². The van der Waals surface area contributed by atoms with Crippen LogP contribution >= 0.6 is 0 Å². The summed E-state index contributed by atoms with van der Waals surface area (Å²) < 4.78 is 7.71. The summed E-state index contributed by atoms with van der Waals surface area (Å²) in [6, 6.07) is 0.493. The first-order chi connectivity index (χ1) is 11.1. The van der Waals surface area contributed by atoms with E-state index < -0.39 is 0 Å². The van der Waals surface area contributed by atoms with E-state index in [4.69, 9.17) is 4.74 Å². The smallest absolute Gasteiger partial charge is 0.0593 e. The Kier molecular flexibility index (Phi) is 5.72.